The Bertz CT molecular complexity index is 619. The Hall–Kier alpha value is -1.95. The molecule has 2 heterocycles. The number of hydrogen-bond donors (Lipinski definition) is 1. The van der Waals surface area contributed by atoms with Crippen molar-refractivity contribution < 1.29 is 4.79 Å². The van der Waals surface area contributed by atoms with Crippen molar-refractivity contribution in [3.8, 4) is 5.69 Å². The molecule has 1 aromatic carbocycles. The summed E-state index contributed by atoms with van der Waals surface area (Å²) < 4.78 is 1.65. The van der Waals surface area contributed by atoms with Gasteiger partial charge in [0.05, 0.1) is 11.4 Å². The lowest BCUT2D eigenvalue weighted by atomic mass is 10.3. The summed E-state index contributed by atoms with van der Waals surface area (Å²) in [7, 11) is 0. The molecule has 0 saturated carbocycles. The van der Waals surface area contributed by atoms with Crippen LogP contribution in [0.15, 0.2) is 36.5 Å². The van der Waals surface area contributed by atoms with Gasteiger partial charge < -0.3 is 10.6 Å². The fourth-order valence-corrected chi connectivity index (χ4v) is 3.10. The highest BCUT2D eigenvalue weighted by molar-refractivity contribution is 7.99. The van der Waals surface area contributed by atoms with Crippen LogP contribution in [0.25, 0.3) is 5.69 Å². The number of hydrogen-bond acceptors (Lipinski definition) is 4. The van der Waals surface area contributed by atoms with Crippen molar-refractivity contribution >= 4 is 23.4 Å². The molecule has 1 aliphatic heterocycles. The molecule has 1 amide bonds. The minimum Gasteiger partial charge on any atom is -0.397 e. The standard InChI is InChI=1S/C14H16N4OS/c15-11-3-1-2-4-13(11)18-6-5-12(16-18)14(19)17-7-9-20-10-8-17/h1-6H,7-10,15H2. The van der Waals surface area contributed by atoms with E-state index in [2.05, 4.69) is 5.10 Å². The smallest absolute Gasteiger partial charge is 0.274 e. The van der Waals surface area contributed by atoms with Crippen LogP contribution in [0.4, 0.5) is 5.69 Å². The lowest BCUT2D eigenvalue weighted by Crippen LogP contribution is -2.38. The largest absolute Gasteiger partial charge is 0.397 e. The van der Waals surface area contributed by atoms with Crippen LogP contribution in [0.5, 0.6) is 0 Å². The van der Waals surface area contributed by atoms with Gasteiger partial charge in [0, 0.05) is 30.8 Å². The number of rotatable bonds is 2. The molecule has 0 unspecified atom stereocenters. The Morgan fingerprint density at radius 1 is 1.20 bits per heavy atom. The molecule has 1 aliphatic rings. The Balaban J connectivity index is 1.83. The third kappa shape index (κ3) is 2.51. The van der Waals surface area contributed by atoms with Gasteiger partial charge in [-0.2, -0.15) is 16.9 Å². The van der Waals surface area contributed by atoms with Gasteiger partial charge in [-0.05, 0) is 18.2 Å². The number of anilines is 1. The number of aromatic nitrogens is 2. The fourth-order valence-electron chi connectivity index (χ4n) is 2.20. The third-order valence-corrected chi connectivity index (χ3v) is 4.23. The van der Waals surface area contributed by atoms with Gasteiger partial charge in [-0.3, -0.25) is 4.79 Å². The second-order valence-corrected chi connectivity index (χ2v) is 5.83. The summed E-state index contributed by atoms with van der Waals surface area (Å²) in [5.74, 6) is 1.99. The molecule has 0 atom stereocenters. The maximum atomic E-state index is 12.3. The van der Waals surface area contributed by atoms with E-state index in [1.54, 1.807) is 16.9 Å². The first-order chi connectivity index (χ1) is 9.75. The Morgan fingerprint density at radius 2 is 1.95 bits per heavy atom. The van der Waals surface area contributed by atoms with E-state index in [1.165, 1.54) is 0 Å². The normalized spacial score (nSPS) is 15.3. The van der Waals surface area contributed by atoms with Crippen LogP contribution in [0.1, 0.15) is 10.5 Å². The zero-order chi connectivity index (χ0) is 13.9. The highest BCUT2D eigenvalue weighted by Gasteiger charge is 2.20. The van der Waals surface area contributed by atoms with Crippen LogP contribution in [0.2, 0.25) is 0 Å². The maximum Gasteiger partial charge on any atom is 0.274 e. The van der Waals surface area contributed by atoms with Gasteiger partial charge in [-0.1, -0.05) is 12.1 Å². The predicted molar refractivity (Wildman–Crippen MR) is 81.2 cm³/mol. The number of carbonyl (C=O) groups is 1. The minimum absolute atomic E-state index is 0.00134. The van der Waals surface area contributed by atoms with E-state index in [1.807, 2.05) is 40.9 Å². The SMILES string of the molecule is Nc1ccccc1-n1ccc(C(=O)N2CCSCC2)n1. The van der Waals surface area contributed by atoms with Crippen molar-refractivity contribution in [2.75, 3.05) is 30.3 Å². The molecular formula is C14H16N4OS. The molecule has 0 aliphatic carbocycles. The molecule has 0 radical (unpaired) electrons. The molecule has 3 rings (SSSR count). The molecular weight excluding hydrogens is 272 g/mol. The summed E-state index contributed by atoms with van der Waals surface area (Å²) in [4.78, 5) is 14.2. The Labute approximate surface area is 121 Å². The minimum atomic E-state index is -0.00134. The molecule has 2 N–H and O–H groups in total. The van der Waals surface area contributed by atoms with E-state index in [9.17, 15) is 4.79 Å². The Kier molecular flexibility index (Phi) is 3.64. The first-order valence-corrected chi connectivity index (χ1v) is 7.69. The van der Waals surface area contributed by atoms with E-state index in [0.29, 0.717) is 11.4 Å². The number of nitrogens with zero attached hydrogens (tertiary/aromatic N) is 3. The van der Waals surface area contributed by atoms with Crippen molar-refractivity contribution in [2.24, 2.45) is 0 Å². The van der Waals surface area contributed by atoms with Crippen molar-refractivity contribution in [2.45, 2.75) is 0 Å². The van der Waals surface area contributed by atoms with Crippen LogP contribution >= 0.6 is 11.8 Å². The van der Waals surface area contributed by atoms with Crippen molar-refractivity contribution in [3.05, 3.63) is 42.2 Å². The molecule has 104 valence electrons. The average molecular weight is 288 g/mol. The summed E-state index contributed by atoms with van der Waals surface area (Å²) in [5.41, 5.74) is 7.83. The fraction of sp³-hybridized carbons (Fsp3) is 0.286. The first-order valence-electron chi connectivity index (χ1n) is 6.53. The summed E-state index contributed by atoms with van der Waals surface area (Å²) in [6.07, 6.45) is 1.78. The number of benzene rings is 1. The molecule has 6 heteroatoms. The molecule has 1 aromatic heterocycles. The molecule has 1 saturated heterocycles. The van der Waals surface area contributed by atoms with Gasteiger partial charge in [0.1, 0.15) is 0 Å². The topological polar surface area (TPSA) is 64.2 Å². The zero-order valence-electron chi connectivity index (χ0n) is 11.0. The molecule has 2 aromatic rings. The quantitative estimate of drug-likeness (QED) is 0.853. The predicted octanol–water partition coefficient (Wildman–Crippen LogP) is 1.64. The van der Waals surface area contributed by atoms with E-state index in [0.717, 1.165) is 30.3 Å². The highest BCUT2D eigenvalue weighted by atomic mass is 32.2. The van der Waals surface area contributed by atoms with E-state index in [-0.39, 0.29) is 5.91 Å². The number of amides is 1. The van der Waals surface area contributed by atoms with Gasteiger partial charge in [-0.15, -0.1) is 0 Å². The number of nitrogens with two attached hydrogens (primary N) is 1. The maximum absolute atomic E-state index is 12.3. The first kappa shape index (κ1) is 13.1. The van der Waals surface area contributed by atoms with Gasteiger partial charge in [0.25, 0.3) is 5.91 Å². The van der Waals surface area contributed by atoms with Gasteiger partial charge in [0.15, 0.2) is 5.69 Å². The monoisotopic (exact) mass is 288 g/mol. The van der Waals surface area contributed by atoms with Crippen molar-refractivity contribution in [1.82, 2.24) is 14.7 Å². The van der Waals surface area contributed by atoms with Gasteiger partial charge >= 0.3 is 0 Å². The molecule has 1 fully saturated rings. The van der Waals surface area contributed by atoms with Gasteiger partial charge in [0.2, 0.25) is 0 Å². The van der Waals surface area contributed by atoms with Gasteiger partial charge in [-0.25, -0.2) is 4.68 Å². The van der Waals surface area contributed by atoms with Crippen LogP contribution in [-0.4, -0.2) is 45.2 Å². The number of nitrogen functional groups attached to an aromatic ring is 1. The molecule has 5 nitrogen and oxygen atoms in total. The van der Waals surface area contributed by atoms with E-state index >= 15 is 0 Å². The number of carbonyl (C=O) groups excluding carboxylic acids is 1. The Morgan fingerprint density at radius 3 is 2.70 bits per heavy atom. The zero-order valence-corrected chi connectivity index (χ0v) is 11.8. The second kappa shape index (κ2) is 5.58. The van der Waals surface area contributed by atoms with E-state index < -0.39 is 0 Å². The molecule has 0 spiro atoms. The highest BCUT2D eigenvalue weighted by Crippen LogP contribution is 2.17. The summed E-state index contributed by atoms with van der Waals surface area (Å²) in [5, 5.41) is 4.36. The summed E-state index contributed by atoms with van der Waals surface area (Å²) >= 11 is 1.88. The number of para-hydroxylation sites is 2. The van der Waals surface area contributed by atoms with Crippen molar-refractivity contribution in [1.29, 1.82) is 0 Å². The number of thioether (sulfide) groups is 1. The van der Waals surface area contributed by atoms with Crippen LogP contribution in [0.3, 0.4) is 0 Å². The third-order valence-electron chi connectivity index (χ3n) is 3.29. The summed E-state index contributed by atoms with van der Waals surface area (Å²) in [6.45, 7) is 1.59. The van der Waals surface area contributed by atoms with Crippen molar-refractivity contribution in [3.63, 3.8) is 0 Å². The lowest BCUT2D eigenvalue weighted by molar-refractivity contribution is 0.0766. The average Bonchev–Trinajstić information content (AvgIpc) is 2.97. The second-order valence-electron chi connectivity index (χ2n) is 4.61. The summed E-state index contributed by atoms with van der Waals surface area (Å²) in [6, 6.07) is 9.22. The van der Waals surface area contributed by atoms with Crippen LogP contribution in [0, 0.1) is 0 Å². The molecule has 20 heavy (non-hydrogen) atoms. The molecule has 0 bridgehead atoms. The van der Waals surface area contributed by atoms with E-state index in [4.69, 9.17) is 5.73 Å². The van der Waals surface area contributed by atoms with Crippen LogP contribution < -0.4 is 5.73 Å². The van der Waals surface area contributed by atoms with Crippen LogP contribution in [-0.2, 0) is 0 Å². The lowest BCUT2D eigenvalue weighted by Gasteiger charge is -2.25.